The first-order chi connectivity index (χ1) is 12.5. The van der Waals surface area contributed by atoms with E-state index in [1.807, 2.05) is 24.3 Å². The highest BCUT2D eigenvalue weighted by molar-refractivity contribution is 7.99. The zero-order valence-corrected chi connectivity index (χ0v) is 16.9. The lowest BCUT2D eigenvalue weighted by molar-refractivity contribution is 0.0601. The molecule has 0 saturated heterocycles. The fraction of sp³-hybridized carbons (Fsp3) is 0.400. The molecule has 1 aliphatic carbocycles. The van der Waals surface area contributed by atoms with E-state index in [0.29, 0.717) is 22.0 Å². The predicted octanol–water partition coefficient (Wildman–Crippen LogP) is 5.02. The molecular weight excluding hydrogens is 366 g/mol. The number of rotatable bonds is 5. The van der Waals surface area contributed by atoms with E-state index in [4.69, 9.17) is 4.74 Å². The Hall–Kier alpha value is -1.79. The van der Waals surface area contributed by atoms with Crippen LogP contribution in [0, 0.1) is 5.92 Å². The van der Waals surface area contributed by atoms with Crippen molar-refractivity contribution in [3.8, 4) is 0 Å². The summed E-state index contributed by atoms with van der Waals surface area (Å²) >= 11 is 3.15. The van der Waals surface area contributed by atoms with Gasteiger partial charge in [0.05, 0.1) is 18.2 Å². The average Bonchev–Trinajstić information content (AvgIpc) is 2.98. The SMILES string of the molecule is CCSc1ccccc1C(=O)Nc1sc2c(c1C(=O)OC)CC[C@H](C)C2. The quantitative estimate of drug-likeness (QED) is 0.576. The molecule has 1 aliphatic rings. The number of amides is 1. The van der Waals surface area contributed by atoms with Gasteiger partial charge in [-0.2, -0.15) is 0 Å². The van der Waals surface area contributed by atoms with Crippen molar-refractivity contribution in [1.29, 1.82) is 0 Å². The average molecular weight is 390 g/mol. The van der Waals surface area contributed by atoms with Crippen LogP contribution in [0.5, 0.6) is 0 Å². The van der Waals surface area contributed by atoms with Crippen molar-refractivity contribution in [2.24, 2.45) is 5.92 Å². The molecule has 3 rings (SSSR count). The summed E-state index contributed by atoms with van der Waals surface area (Å²) in [4.78, 5) is 27.4. The number of anilines is 1. The minimum atomic E-state index is -0.372. The molecule has 0 bridgehead atoms. The largest absolute Gasteiger partial charge is 0.465 e. The fourth-order valence-electron chi connectivity index (χ4n) is 3.26. The normalized spacial score (nSPS) is 16.0. The molecule has 1 amide bonds. The molecule has 6 heteroatoms. The molecule has 1 atom stereocenters. The number of carbonyl (C=O) groups is 2. The second-order valence-electron chi connectivity index (χ2n) is 6.43. The Morgan fingerprint density at radius 3 is 2.85 bits per heavy atom. The zero-order chi connectivity index (χ0) is 18.7. The molecule has 26 heavy (non-hydrogen) atoms. The number of thiophene rings is 1. The van der Waals surface area contributed by atoms with E-state index in [9.17, 15) is 9.59 Å². The molecule has 0 radical (unpaired) electrons. The summed E-state index contributed by atoms with van der Waals surface area (Å²) in [5.41, 5.74) is 2.22. The number of ether oxygens (including phenoxy) is 1. The third-order valence-electron chi connectivity index (χ3n) is 4.56. The van der Waals surface area contributed by atoms with Crippen LogP contribution in [0.15, 0.2) is 29.2 Å². The van der Waals surface area contributed by atoms with Gasteiger partial charge in [0.25, 0.3) is 5.91 Å². The molecule has 2 aromatic rings. The van der Waals surface area contributed by atoms with Crippen molar-refractivity contribution in [1.82, 2.24) is 0 Å². The molecule has 0 saturated carbocycles. The van der Waals surface area contributed by atoms with Gasteiger partial charge in [-0.05, 0) is 48.6 Å². The molecular formula is C20H23NO3S2. The summed E-state index contributed by atoms with van der Waals surface area (Å²) in [6.45, 7) is 4.28. The van der Waals surface area contributed by atoms with E-state index >= 15 is 0 Å². The highest BCUT2D eigenvalue weighted by Crippen LogP contribution is 2.40. The van der Waals surface area contributed by atoms with Gasteiger partial charge in [0.2, 0.25) is 0 Å². The summed E-state index contributed by atoms with van der Waals surface area (Å²) in [6, 6.07) is 7.56. The topological polar surface area (TPSA) is 55.4 Å². The van der Waals surface area contributed by atoms with Gasteiger partial charge in [-0.15, -0.1) is 23.1 Å². The van der Waals surface area contributed by atoms with Gasteiger partial charge in [-0.1, -0.05) is 26.0 Å². The van der Waals surface area contributed by atoms with Crippen LogP contribution in [0.1, 0.15) is 51.4 Å². The van der Waals surface area contributed by atoms with Crippen LogP contribution in [-0.4, -0.2) is 24.7 Å². The summed E-state index contributed by atoms with van der Waals surface area (Å²) in [7, 11) is 1.39. The number of fused-ring (bicyclic) bond motifs is 1. The lowest BCUT2D eigenvalue weighted by Gasteiger charge is -2.18. The van der Waals surface area contributed by atoms with Crippen LogP contribution < -0.4 is 5.32 Å². The smallest absolute Gasteiger partial charge is 0.341 e. The number of nitrogens with one attached hydrogen (secondary N) is 1. The van der Waals surface area contributed by atoms with Crippen molar-refractivity contribution in [2.75, 3.05) is 18.2 Å². The number of hydrogen-bond acceptors (Lipinski definition) is 5. The Labute approximate surface area is 162 Å². The molecule has 0 aliphatic heterocycles. The minimum absolute atomic E-state index is 0.182. The van der Waals surface area contributed by atoms with Crippen molar-refractivity contribution >= 4 is 40.0 Å². The number of thioether (sulfide) groups is 1. The minimum Gasteiger partial charge on any atom is -0.465 e. The van der Waals surface area contributed by atoms with Crippen LogP contribution in [0.4, 0.5) is 5.00 Å². The third-order valence-corrected chi connectivity index (χ3v) is 6.69. The highest BCUT2D eigenvalue weighted by atomic mass is 32.2. The van der Waals surface area contributed by atoms with E-state index in [-0.39, 0.29) is 11.9 Å². The number of methoxy groups -OCH3 is 1. The van der Waals surface area contributed by atoms with E-state index < -0.39 is 0 Å². The standard InChI is InChI=1S/C20H23NO3S2/c1-4-25-15-8-6-5-7-14(15)18(22)21-19-17(20(23)24-3)13-10-9-12(2)11-16(13)26-19/h5-8,12H,4,9-11H2,1-3H3,(H,21,22)/t12-/m0/s1. The Morgan fingerprint density at radius 1 is 1.35 bits per heavy atom. The van der Waals surface area contributed by atoms with E-state index in [2.05, 4.69) is 19.2 Å². The first-order valence-corrected chi connectivity index (χ1v) is 10.6. The van der Waals surface area contributed by atoms with Crippen molar-refractivity contribution in [3.63, 3.8) is 0 Å². The molecule has 0 fully saturated rings. The summed E-state index contributed by atoms with van der Waals surface area (Å²) < 4.78 is 4.99. The first kappa shape index (κ1) is 19.0. The number of carbonyl (C=O) groups excluding carboxylic acids is 2. The van der Waals surface area contributed by atoms with E-state index in [1.54, 1.807) is 11.8 Å². The lowest BCUT2D eigenvalue weighted by Crippen LogP contribution is -2.16. The maximum Gasteiger partial charge on any atom is 0.341 e. The van der Waals surface area contributed by atoms with Crippen LogP contribution in [0.3, 0.4) is 0 Å². The van der Waals surface area contributed by atoms with Gasteiger partial charge in [0.1, 0.15) is 5.00 Å². The maximum atomic E-state index is 12.9. The van der Waals surface area contributed by atoms with Crippen molar-refractivity contribution < 1.29 is 14.3 Å². The molecule has 4 nitrogen and oxygen atoms in total. The van der Waals surface area contributed by atoms with Crippen molar-refractivity contribution in [3.05, 3.63) is 45.8 Å². The van der Waals surface area contributed by atoms with Gasteiger partial charge in [0.15, 0.2) is 0 Å². The molecule has 1 aromatic heterocycles. The maximum absolute atomic E-state index is 12.9. The Bertz CT molecular complexity index is 828. The monoisotopic (exact) mass is 389 g/mol. The van der Waals surface area contributed by atoms with Crippen LogP contribution in [-0.2, 0) is 17.6 Å². The van der Waals surface area contributed by atoms with Gasteiger partial charge in [-0.3, -0.25) is 4.79 Å². The molecule has 1 heterocycles. The fourth-order valence-corrected chi connectivity index (χ4v) is 5.46. The second-order valence-corrected chi connectivity index (χ2v) is 8.84. The number of benzene rings is 1. The highest BCUT2D eigenvalue weighted by Gasteiger charge is 2.29. The zero-order valence-electron chi connectivity index (χ0n) is 15.3. The Balaban J connectivity index is 1.95. The molecule has 1 aromatic carbocycles. The summed E-state index contributed by atoms with van der Waals surface area (Å²) in [5, 5.41) is 3.59. The van der Waals surface area contributed by atoms with E-state index in [1.165, 1.54) is 23.3 Å². The van der Waals surface area contributed by atoms with Gasteiger partial charge in [-0.25, -0.2) is 4.79 Å². The van der Waals surface area contributed by atoms with Crippen LogP contribution >= 0.6 is 23.1 Å². The number of esters is 1. The van der Waals surface area contributed by atoms with Crippen molar-refractivity contribution in [2.45, 2.75) is 38.0 Å². The summed E-state index contributed by atoms with van der Waals surface area (Å²) in [5.74, 6) is 0.932. The van der Waals surface area contributed by atoms with Gasteiger partial charge < -0.3 is 10.1 Å². The summed E-state index contributed by atoms with van der Waals surface area (Å²) in [6.07, 6.45) is 2.86. The van der Waals surface area contributed by atoms with Crippen LogP contribution in [0.2, 0.25) is 0 Å². The first-order valence-electron chi connectivity index (χ1n) is 8.81. The Kier molecular flexibility index (Phi) is 6.04. The molecule has 1 N–H and O–H groups in total. The molecule has 0 unspecified atom stereocenters. The van der Waals surface area contributed by atoms with Crippen LogP contribution in [0.25, 0.3) is 0 Å². The second kappa shape index (κ2) is 8.27. The Morgan fingerprint density at radius 2 is 2.12 bits per heavy atom. The molecule has 138 valence electrons. The van der Waals surface area contributed by atoms with Gasteiger partial charge in [0, 0.05) is 9.77 Å². The van der Waals surface area contributed by atoms with Gasteiger partial charge >= 0.3 is 5.97 Å². The molecule has 0 spiro atoms. The predicted molar refractivity (Wildman–Crippen MR) is 108 cm³/mol. The lowest BCUT2D eigenvalue weighted by atomic mass is 9.88. The number of hydrogen-bond donors (Lipinski definition) is 1. The third kappa shape index (κ3) is 3.81. The van der Waals surface area contributed by atoms with E-state index in [0.717, 1.165) is 35.5 Å².